The summed E-state index contributed by atoms with van der Waals surface area (Å²) in [7, 11) is 0. The lowest BCUT2D eigenvalue weighted by Gasteiger charge is -2.23. The summed E-state index contributed by atoms with van der Waals surface area (Å²) in [4.78, 5) is 16.0. The van der Waals surface area contributed by atoms with Crippen molar-refractivity contribution < 1.29 is 9.90 Å². The normalized spacial score (nSPS) is 16.6. The lowest BCUT2D eigenvalue weighted by molar-refractivity contribution is 0.0808. The van der Waals surface area contributed by atoms with Crippen LogP contribution in [0, 0.1) is 12.3 Å². The van der Waals surface area contributed by atoms with Crippen molar-refractivity contribution >= 4 is 16.8 Å². The number of hydrogen-bond acceptors (Lipinski definition) is 2. The molecule has 0 radical (unpaired) electrons. The van der Waals surface area contributed by atoms with E-state index in [4.69, 9.17) is 0 Å². The largest absolute Gasteiger partial charge is 0.388 e. The molecule has 1 atom stereocenters. The van der Waals surface area contributed by atoms with Crippen LogP contribution in [-0.4, -0.2) is 22.5 Å². The second kappa shape index (κ2) is 6.05. The fourth-order valence-electron chi connectivity index (χ4n) is 3.61. The number of nitrogens with one attached hydrogen (secondary N) is 2. The van der Waals surface area contributed by atoms with Gasteiger partial charge in [0, 0.05) is 28.6 Å². The third kappa shape index (κ3) is 2.83. The van der Waals surface area contributed by atoms with E-state index in [9.17, 15) is 9.90 Å². The predicted molar refractivity (Wildman–Crippen MR) is 98.4 cm³/mol. The average molecular weight is 334 g/mol. The number of carbonyl (C=O) groups is 1. The molecule has 2 aromatic carbocycles. The van der Waals surface area contributed by atoms with Gasteiger partial charge in [0.15, 0.2) is 0 Å². The first-order valence-electron chi connectivity index (χ1n) is 8.69. The van der Waals surface area contributed by atoms with Crippen LogP contribution in [0.1, 0.15) is 40.6 Å². The minimum Gasteiger partial charge on any atom is -0.388 e. The van der Waals surface area contributed by atoms with Gasteiger partial charge in [-0.3, -0.25) is 4.79 Å². The number of benzene rings is 2. The van der Waals surface area contributed by atoms with Crippen molar-refractivity contribution in [3.05, 3.63) is 71.4 Å². The summed E-state index contributed by atoms with van der Waals surface area (Å²) in [5, 5.41) is 14.7. The zero-order valence-corrected chi connectivity index (χ0v) is 14.3. The minimum absolute atomic E-state index is 0.0820. The minimum atomic E-state index is -0.543. The Kier molecular flexibility index (Phi) is 3.85. The number of aliphatic hydroxyl groups is 1. The van der Waals surface area contributed by atoms with Crippen molar-refractivity contribution in [1.29, 1.82) is 0 Å². The Morgan fingerprint density at radius 3 is 2.56 bits per heavy atom. The van der Waals surface area contributed by atoms with E-state index >= 15 is 0 Å². The molecular weight excluding hydrogens is 312 g/mol. The smallest absolute Gasteiger partial charge is 0.253 e. The fourth-order valence-corrected chi connectivity index (χ4v) is 3.61. The zero-order chi connectivity index (χ0) is 17.4. The quantitative estimate of drug-likeness (QED) is 0.666. The molecule has 4 heteroatoms. The van der Waals surface area contributed by atoms with Crippen LogP contribution in [0.5, 0.6) is 0 Å². The summed E-state index contributed by atoms with van der Waals surface area (Å²) in [5.41, 5.74) is 3.21. The number of aromatic nitrogens is 1. The predicted octanol–water partition coefficient (Wildman–Crippen LogP) is 3.72. The Morgan fingerprint density at radius 1 is 1.16 bits per heavy atom. The molecule has 1 aliphatic carbocycles. The van der Waals surface area contributed by atoms with Gasteiger partial charge in [0.05, 0.1) is 11.7 Å². The molecule has 1 heterocycles. The molecule has 4 nitrogen and oxygen atoms in total. The van der Waals surface area contributed by atoms with E-state index in [-0.39, 0.29) is 11.3 Å². The number of aromatic amines is 1. The van der Waals surface area contributed by atoms with E-state index in [1.165, 1.54) is 0 Å². The summed E-state index contributed by atoms with van der Waals surface area (Å²) >= 11 is 0. The van der Waals surface area contributed by atoms with Gasteiger partial charge in [-0.25, -0.2) is 0 Å². The molecule has 3 N–H and O–H groups in total. The number of amides is 1. The van der Waals surface area contributed by atoms with Crippen molar-refractivity contribution in [1.82, 2.24) is 10.3 Å². The van der Waals surface area contributed by atoms with E-state index in [1.807, 2.05) is 61.5 Å². The maximum absolute atomic E-state index is 12.8. The molecule has 1 aromatic heterocycles. The van der Waals surface area contributed by atoms with Crippen LogP contribution in [0.2, 0.25) is 0 Å². The third-order valence-corrected chi connectivity index (χ3v) is 5.31. The topological polar surface area (TPSA) is 65.1 Å². The van der Waals surface area contributed by atoms with Crippen LogP contribution in [0.4, 0.5) is 0 Å². The molecule has 25 heavy (non-hydrogen) atoms. The Morgan fingerprint density at radius 2 is 1.84 bits per heavy atom. The first-order valence-corrected chi connectivity index (χ1v) is 8.69. The van der Waals surface area contributed by atoms with E-state index in [0.29, 0.717) is 12.1 Å². The molecule has 0 bridgehead atoms. The number of carbonyl (C=O) groups excluding carboxylic acids is 1. The summed E-state index contributed by atoms with van der Waals surface area (Å²) in [6.07, 6.45) is 1.31. The van der Waals surface area contributed by atoms with E-state index in [2.05, 4.69) is 10.3 Å². The summed E-state index contributed by atoms with van der Waals surface area (Å²) in [6.45, 7) is 2.40. The highest BCUT2D eigenvalue weighted by Crippen LogP contribution is 2.54. The van der Waals surface area contributed by atoms with Gasteiger partial charge in [0.1, 0.15) is 0 Å². The standard InChI is InChI=1S/C21H22N2O2/c1-14-18(16-9-5-6-10-17(16)23-14)20(25)22-13-21(11-12-21)19(24)15-7-3-2-4-8-15/h2-10,19,23-24H,11-13H2,1H3,(H,22,25). The van der Waals surface area contributed by atoms with Crippen LogP contribution in [0.3, 0.4) is 0 Å². The van der Waals surface area contributed by atoms with Gasteiger partial charge in [0.2, 0.25) is 0 Å². The van der Waals surface area contributed by atoms with Crippen LogP contribution < -0.4 is 5.32 Å². The van der Waals surface area contributed by atoms with E-state index < -0.39 is 6.10 Å². The number of aliphatic hydroxyl groups excluding tert-OH is 1. The van der Waals surface area contributed by atoms with E-state index in [1.54, 1.807) is 0 Å². The van der Waals surface area contributed by atoms with Crippen LogP contribution in [-0.2, 0) is 0 Å². The summed E-state index contributed by atoms with van der Waals surface area (Å²) < 4.78 is 0. The maximum Gasteiger partial charge on any atom is 0.253 e. The van der Waals surface area contributed by atoms with Crippen molar-refractivity contribution in [3.63, 3.8) is 0 Å². The Hall–Kier alpha value is -2.59. The molecule has 1 fully saturated rings. The molecular formula is C21H22N2O2. The first-order chi connectivity index (χ1) is 12.1. The van der Waals surface area contributed by atoms with Gasteiger partial charge in [0.25, 0.3) is 5.91 Å². The van der Waals surface area contributed by atoms with Crippen LogP contribution in [0.15, 0.2) is 54.6 Å². The molecule has 1 saturated carbocycles. The highest BCUT2D eigenvalue weighted by Gasteiger charge is 2.49. The number of rotatable bonds is 5. The molecule has 1 aliphatic rings. The maximum atomic E-state index is 12.8. The molecule has 0 saturated heterocycles. The lowest BCUT2D eigenvalue weighted by atomic mass is 9.92. The van der Waals surface area contributed by atoms with Crippen molar-refractivity contribution in [2.45, 2.75) is 25.9 Å². The monoisotopic (exact) mass is 334 g/mol. The highest BCUT2D eigenvalue weighted by molar-refractivity contribution is 6.08. The van der Waals surface area contributed by atoms with E-state index in [0.717, 1.165) is 35.0 Å². The van der Waals surface area contributed by atoms with Crippen molar-refractivity contribution in [3.8, 4) is 0 Å². The Labute approximate surface area is 146 Å². The molecule has 1 amide bonds. The van der Waals surface area contributed by atoms with Gasteiger partial charge in [-0.2, -0.15) is 0 Å². The molecule has 1 unspecified atom stereocenters. The Balaban J connectivity index is 1.51. The number of fused-ring (bicyclic) bond motifs is 1. The van der Waals surface area contributed by atoms with Gasteiger partial charge < -0.3 is 15.4 Å². The number of aryl methyl sites for hydroxylation is 1. The van der Waals surface area contributed by atoms with Crippen LogP contribution in [0.25, 0.3) is 10.9 Å². The zero-order valence-electron chi connectivity index (χ0n) is 14.3. The summed E-state index contributed by atoms with van der Waals surface area (Å²) in [6, 6.07) is 17.5. The average Bonchev–Trinajstić information content (AvgIpc) is 3.35. The lowest BCUT2D eigenvalue weighted by Crippen LogP contribution is -2.33. The molecule has 4 rings (SSSR count). The second-order valence-corrected chi connectivity index (χ2v) is 7.03. The van der Waals surface area contributed by atoms with Gasteiger partial charge in [-0.1, -0.05) is 48.5 Å². The SMILES string of the molecule is Cc1[nH]c2ccccc2c1C(=O)NCC1(C(O)c2ccccc2)CC1. The van der Waals surface area contributed by atoms with Crippen molar-refractivity contribution in [2.75, 3.05) is 6.54 Å². The van der Waals surface area contributed by atoms with Crippen molar-refractivity contribution in [2.24, 2.45) is 5.41 Å². The third-order valence-electron chi connectivity index (χ3n) is 5.31. The molecule has 0 spiro atoms. The highest BCUT2D eigenvalue weighted by atomic mass is 16.3. The fraction of sp³-hybridized carbons (Fsp3) is 0.286. The summed E-state index contributed by atoms with van der Waals surface area (Å²) in [5.74, 6) is -0.0820. The second-order valence-electron chi connectivity index (χ2n) is 7.03. The van der Waals surface area contributed by atoms with Gasteiger partial charge in [-0.05, 0) is 31.4 Å². The molecule has 0 aliphatic heterocycles. The number of para-hydroxylation sites is 1. The first kappa shape index (κ1) is 15.9. The molecule has 3 aromatic rings. The van der Waals surface area contributed by atoms with Gasteiger partial charge >= 0.3 is 0 Å². The van der Waals surface area contributed by atoms with Crippen LogP contribution >= 0.6 is 0 Å². The molecule has 128 valence electrons. The Bertz CT molecular complexity index is 910. The number of H-pyrrole nitrogens is 1. The van der Waals surface area contributed by atoms with Gasteiger partial charge in [-0.15, -0.1) is 0 Å². The number of hydrogen-bond donors (Lipinski definition) is 3.